The van der Waals surface area contributed by atoms with Crippen LogP contribution in [0.15, 0.2) is 12.2 Å². The summed E-state index contributed by atoms with van der Waals surface area (Å²) in [4.78, 5) is 0. The van der Waals surface area contributed by atoms with Gasteiger partial charge in [0.1, 0.15) is 11.7 Å². The second-order valence-electron chi connectivity index (χ2n) is 3.06. The Hall–Kier alpha value is -0.780. The van der Waals surface area contributed by atoms with Gasteiger partial charge in [-0.25, -0.2) is 0 Å². The summed E-state index contributed by atoms with van der Waals surface area (Å²) < 4.78 is 5.11. The molecule has 0 aliphatic carbocycles. The van der Waals surface area contributed by atoms with Crippen molar-refractivity contribution >= 4 is 0 Å². The van der Waals surface area contributed by atoms with Gasteiger partial charge in [0.25, 0.3) is 0 Å². The van der Waals surface area contributed by atoms with Crippen LogP contribution in [0.3, 0.4) is 0 Å². The summed E-state index contributed by atoms with van der Waals surface area (Å²) in [6.07, 6.45) is 4.92. The molecule has 0 aromatic heterocycles. The predicted molar refractivity (Wildman–Crippen MR) is 43.0 cm³/mol. The minimum atomic E-state index is -0.792. The summed E-state index contributed by atoms with van der Waals surface area (Å²) in [6, 6.07) is 0. The lowest BCUT2D eigenvalue weighted by Gasteiger charge is -2.13. The lowest BCUT2D eigenvalue weighted by atomic mass is 9.96. The molecule has 1 heterocycles. The lowest BCUT2D eigenvalue weighted by molar-refractivity contribution is 0.119. The Balaban J connectivity index is 2.55. The fraction of sp³-hybridized carbons (Fsp3) is 0.556. The molecule has 0 aromatic carbocycles. The van der Waals surface area contributed by atoms with Gasteiger partial charge in [-0.2, -0.15) is 0 Å². The molecule has 0 aromatic rings. The van der Waals surface area contributed by atoms with Crippen molar-refractivity contribution in [3.63, 3.8) is 0 Å². The molecule has 2 unspecified atom stereocenters. The van der Waals surface area contributed by atoms with Crippen molar-refractivity contribution in [2.45, 2.75) is 25.0 Å². The number of ether oxygens (including phenoxy) is 1. The first-order valence-electron chi connectivity index (χ1n) is 3.53. The van der Waals surface area contributed by atoms with Crippen molar-refractivity contribution in [3.8, 4) is 12.3 Å². The van der Waals surface area contributed by atoms with E-state index in [9.17, 15) is 5.11 Å². The van der Waals surface area contributed by atoms with Gasteiger partial charge in [0.05, 0.1) is 6.61 Å². The van der Waals surface area contributed by atoms with E-state index in [1.54, 1.807) is 0 Å². The number of aliphatic hydroxyl groups excluding tert-OH is 1. The van der Waals surface area contributed by atoms with E-state index in [0.717, 1.165) is 5.57 Å². The van der Waals surface area contributed by atoms with Gasteiger partial charge in [0.15, 0.2) is 0 Å². The normalized spacial score (nSPS) is 30.6. The van der Waals surface area contributed by atoms with Gasteiger partial charge in [0, 0.05) is 6.42 Å². The van der Waals surface area contributed by atoms with E-state index in [2.05, 4.69) is 12.5 Å². The summed E-state index contributed by atoms with van der Waals surface area (Å²) in [5.41, 5.74) is 0.484. The summed E-state index contributed by atoms with van der Waals surface area (Å²) in [6.45, 7) is 6.18. The van der Waals surface area contributed by atoms with Gasteiger partial charge >= 0.3 is 0 Å². The highest BCUT2D eigenvalue weighted by atomic mass is 16.6. The quantitative estimate of drug-likeness (QED) is 0.367. The highest BCUT2D eigenvalue weighted by molar-refractivity contribution is 5.16. The second-order valence-corrected chi connectivity index (χ2v) is 3.06. The monoisotopic (exact) mass is 152 g/mol. The highest BCUT2D eigenvalue weighted by Gasteiger charge is 2.50. The molecule has 1 N–H and O–H groups in total. The van der Waals surface area contributed by atoms with Crippen LogP contribution in [0.25, 0.3) is 0 Å². The molecule has 2 nitrogen and oxygen atoms in total. The van der Waals surface area contributed by atoms with Crippen LogP contribution < -0.4 is 0 Å². The Bertz CT molecular complexity index is 208. The van der Waals surface area contributed by atoms with E-state index in [1.165, 1.54) is 0 Å². The summed E-state index contributed by atoms with van der Waals surface area (Å²) in [5.74, 6) is 2.26. The van der Waals surface area contributed by atoms with Crippen molar-refractivity contribution in [1.29, 1.82) is 0 Å². The third-order valence-electron chi connectivity index (χ3n) is 1.77. The molecule has 1 saturated heterocycles. The van der Waals surface area contributed by atoms with Crippen molar-refractivity contribution in [1.82, 2.24) is 0 Å². The fourth-order valence-electron chi connectivity index (χ4n) is 1.11. The van der Waals surface area contributed by atoms with Gasteiger partial charge < -0.3 is 9.84 Å². The van der Waals surface area contributed by atoms with Crippen LogP contribution in [0.1, 0.15) is 13.3 Å². The summed E-state index contributed by atoms with van der Waals surface area (Å²) in [7, 11) is 0. The largest absolute Gasteiger partial charge is 0.377 e. The second kappa shape index (κ2) is 2.69. The number of terminal acetylenes is 1. The topological polar surface area (TPSA) is 32.8 Å². The van der Waals surface area contributed by atoms with Crippen molar-refractivity contribution in [3.05, 3.63) is 12.2 Å². The molecule has 0 amide bonds. The maximum atomic E-state index is 9.29. The number of rotatable bonds is 3. The summed E-state index contributed by atoms with van der Waals surface area (Å²) >= 11 is 0. The number of epoxide rings is 1. The first-order valence-corrected chi connectivity index (χ1v) is 3.53. The molecule has 60 valence electrons. The van der Waals surface area contributed by atoms with Crippen LogP contribution in [0.4, 0.5) is 0 Å². The zero-order valence-corrected chi connectivity index (χ0v) is 6.63. The van der Waals surface area contributed by atoms with Crippen molar-refractivity contribution in [2.75, 3.05) is 6.61 Å². The zero-order chi connectivity index (χ0) is 8.48. The van der Waals surface area contributed by atoms with Gasteiger partial charge in [-0.15, -0.1) is 13.0 Å². The van der Waals surface area contributed by atoms with Gasteiger partial charge in [-0.1, -0.05) is 11.5 Å². The Morgan fingerprint density at radius 3 is 2.82 bits per heavy atom. The Kier molecular flexibility index (Phi) is 2.03. The van der Waals surface area contributed by atoms with E-state index >= 15 is 0 Å². The van der Waals surface area contributed by atoms with Gasteiger partial charge in [0.2, 0.25) is 0 Å². The molecule has 1 aliphatic heterocycles. The summed E-state index contributed by atoms with van der Waals surface area (Å²) in [5, 5.41) is 9.29. The zero-order valence-electron chi connectivity index (χ0n) is 6.63. The molecule has 2 heteroatoms. The molecule has 0 saturated carbocycles. The molecule has 0 spiro atoms. The van der Waals surface area contributed by atoms with Crippen molar-refractivity contribution in [2.24, 2.45) is 0 Å². The number of hydrogen-bond donors (Lipinski definition) is 1. The minimum Gasteiger partial charge on any atom is -0.377 e. The third kappa shape index (κ3) is 1.62. The lowest BCUT2D eigenvalue weighted by Crippen LogP contribution is -2.28. The Morgan fingerprint density at radius 2 is 2.55 bits per heavy atom. The standard InChI is InChI=1S/C9H12O2/c1-4-8(10)9(6-11-9)5-7(2)3/h1,8,10H,2,5-6H2,3H3. The first-order chi connectivity index (χ1) is 5.10. The van der Waals surface area contributed by atoms with Crippen LogP contribution in [-0.4, -0.2) is 23.4 Å². The van der Waals surface area contributed by atoms with Crippen LogP contribution in [0.5, 0.6) is 0 Å². The molecule has 2 atom stereocenters. The highest BCUT2D eigenvalue weighted by Crippen LogP contribution is 2.36. The molecule has 1 rings (SSSR count). The van der Waals surface area contributed by atoms with E-state index in [1.807, 2.05) is 6.92 Å². The van der Waals surface area contributed by atoms with E-state index < -0.39 is 11.7 Å². The maximum Gasteiger partial charge on any atom is 0.145 e. The molecule has 1 fully saturated rings. The Morgan fingerprint density at radius 1 is 2.00 bits per heavy atom. The fourth-order valence-corrected chi connectivity index (χ4v) is 1.11. The number of aliphatic hydroxyl groups is 1. The van der Waals surface area contributed by atoms with Crippen molar-refractivity contribution < 1.29 is 9.84 Å². The molecular formula is C9H12O2. The Labute approximate surface area is 66.9 Å². The van der Waals surface area contributed by atoms with E-state index in [0.29, 0.717) is 13.0 Å². The van der Waals surface area contributed by atoms with Gasteiger partial charge in [-0.3, -0.25) is 0 Å². The van der Waals surface area contributed by atoms with Crippen LogP contribution in [-0.2, 0) is 4.74 Å². The van der Waals surface area contributed by atoms with Crippen LogP contribution in [0.2, 0.25) is 0 Å². The average Bonchev–Trinajstić information content (AvgIpc) is 2.67. The van der Waals surface area contributed by atoms with Crippen LogP contribution >= 0.6 is 0 Å². The molecule has 1 aliphatic rings. The van der Waals surface area contributed by atoms with E-state index in [4.69, 9.17) is 11.2 Å². The third-order valence-corrected chi connectivity index (χ3v) is 1.77. The SMILES string of the molecule is C#CC(O)C1(CC(=C)C)CO1. The smallest absolute Gasteiger partial charge is 0.145 e. The minimum absolute atomic E-state index is 0.499. The predicted octanol–water partition coefficient (Wildman–Crippen LogP) is 0.716. The molecular weight excluding hydrogens is 140 g/mol. The van der Waals surface area contributed by atoms with Crippen LogP contribution in [0, 0.1) is 12.3 Å². The van der Waals surface area contributed by atoms with E-state index in [-0.39, 0.29) is 0 Å². The van der Waals surface area contributed by atoms with Gasteiger partial charge in [-0.05, 0) is 6.92 Å². The average molecular weight is 152 g/mol. The molecule has 0 bridgehead atoms. The number of hydrogen-bond acceptors (Lipinski definition) is 2. The molecule has 0 radical (unpaired) electrons. The maximum absolute atomic E-state index is 9.29. The first kappa shape index (κ1) is 8.32. The molecule has 11 heavy (non-hydrogen) atoms.